The largest absolute Gasteiger partial charge is 0.483 e. The first kappa shape index (κ1) is 24.6. The zero-order valence-corrected chi connectivity index (χ0v) is 21.8. The molecule has 37 heavy (non-hydrogen) atoms. The van der Waals surface area contributed by atoms with Crippen molar-refractivity contribution in [3.8, 4) is 22.6 Å². The number of piperazine rings is 1. The van der Waals surface area contributed by atoms with Gasteiger partial charge in [-0.15, -0.1) is 0 Å². The van der Waals surface area contributed by atoms with E-state index in [4.69, 9.17) is 19.2 Å². The van der Waals surface area contributed by atoms with Gasteiger partial charge in [0.2, 0.25) is 0 Å². The molecular formula is C29H37N5O3. The van der Waals surface area contributed by atoms with Crippen molar-refractivity contribution in [1.82, 2.24) is 24.3 Å². The van der Waals surface area contributed by atoms with Gasteiger partial charge in [0.15, 0.2) is 5.82 Å². The molecule has 0 bridgehead atoms. The van der Waals surface area contributed by atoms with Crippen molar-refractivity contribution < 1.29 is 14.2 Å². The standard InChI is InChI=1S/C29H37N5O3/c1-35-15-12-31-8-10-32(11-9-31)19-23-2-4-24(5-3-23)25-6-7-27-28(18-25)37-22-29-30-26(21-34(27)29)20-33-13-16-36-17-14-33/h2-7,18,21H,8-17,19-20,22H2,1H3. The fourth-order valence-corrected chi connectivity index (χ4v) is 5.45. The minimum absolute atomic E-state index is 0.497. The molecule has 0 N–H and O–H groups in total. The molecule has 0 saturated carbocycles. The fourth-order valence-electron chi connectivity index (χ4n) is 5.45. The number of nitrogens with zero attached hydrogens (tertiary/aromatic N) is 5. The Hall–Kier alpha value is -2.75. The van der Waals surface area contributed by atoms with E-state index in [9.17, 15) is 0 Å². The van der Waals surface area contributed by atoms with Crippen LogP contribution in [0.15, 0.2) is 48.7 Å². The van der Waals surface area contributed by atoms with Crippen LogP contribution in [0.25, 0.3) is 16.8 Å². The minimum atomic E-state index is 0.497. The first-order valence-corrected chi connectivity index (χ1v) is 13.4. The molecule has 8 heteroatoms. The molecule has 2 aromatic carbocycles. The maximum Gasteiger partial charge on any atom is 0.151 e. The summed E-state index contributed by atoms with van der Waals surface area (Å²) >= 11 is 0. The van der Waals surface area contributed by atoms with Crippen molar-refractivity contribution >= 4 is 0 Å². The van der Waals surface area contributed by atoms with Crippen molar-refractivity contribution in [2.75, 3.05) is 72.7 Å². The fraction of sp³-hybridized carbons (Fsp3) is 0.483. The number of aromatic nitrogens is 2. The van der Waals surface area contributed by atoms with Crippen LogP contribution in [0, 0.1) is 0 Å². The highest BCUT2D eigenvalue weighted by atomic mass is 16.5. The summed E-state index contributed by atoms with van der Waals surface area (Å²) in [4.78, 5) is 12.3. The summed E-state index contributed by atoms with van der Waals surface area (Å²) in [6.07, 6.45) is 2.16. The van der Waals surface area contributed by atoms with Gasteiger partial charge in [0.1, 0.15) is 12.4 Å². The Bertz CT molecular complexity index is 1180. The number of hydrogen-bond donors (Lipinski definition) is 0. The van der Waals surface area contributed by atoms with Gasteiger partial charge >= 0.3 is 0 Å². The third-order valence-corrected chi connectivity index (χ3v) is 7.66. The van der Waals surface area contributed by atoms with Gasteiger partial charge in [-0.3, -0.25) is 19.3 Å². The molecule has 0 amide bonds. The van der Waals surface area contributed by atoms with E-state index in [2.05, 4.69) is 67.9 Å². The summed E-state index contributed by atoms with van der Waals surface area (Å²) < 4.78 is 19.0. The predicted molar refractivity (Wildman–Crippen MR) is 143 cm³/mol. The Balaban J connectivity index is 1.09. The average Bonchev–Trinajstić information content (AvgIpc) is 3.36. The second-order valence-corrected chi connectivity index (χ2v) is 10.2. The molecule has 0 radical (unpaired) electrons. The van der Waals surface area contributed by atoms with Gasteiger partial charge < -0.3 is 14.2 Å². The first-order valence-electron chi connectivity index (χ1n) is 13.4. The Morgan fingerprint density at radius 1 is 0.838 bits per heavy atom. The van der Waals surface area contributed by atoms with E-state index in [0.717, 1.165) is 102 Å². The van der Waals surface area contributed by atoms with Gasteiger partial charge in [-0.2, -0.15) is 0 Å². The smallest absolute Gasteiger partial charge is 0.151 e. The number of ether oxygens (including phenoxy) is 3. The Morgan fingerprint density at radius 3 is 2.35 bits per heavy atom. The van der Waals surface area contributed by atoms with Crippen LogP contribution >= 0.6 is 0 Å². The van der Waals surface area contributed by atoms with Gasteiger partial charge in [-0.25, -0.2) is 4.98 Å². The lowest BCUT2D eigenvalue weighted by atomic mass is 10.0. The Kier molecular flexibility index (Phi) is 7.53. The third-order valence-electron chi connectivity index (χ3n) is 7.66. The van der Waals surface area contributed by atoms with Crippen LogP contribution in [0.1, 0.15) is 17.1 Å². The lowest BCUT2D eigenvalue weighted by Gasteiger charge is -2.34. The van der Waals surface area contributed by atoms with Crippen molar-refractivity contribution in [2.45, 2.75) is 19.7 Å². The minimum Gasteiger partial charge on any atom is -0.483 e. The number of methoxy groups -OCH3 is 1. The predicted octanol–water partition coefficient (Wildman–Crippen LogP) is 3.03. The number of morpholine rings is 1. The number of hydrogen-bond acceptors (Lipinski definition) is 7. The highest BCUT2D eigenvalue weighted by Gasteiger charge is 2.22. The van der Waals surface area contributed by atoms with Crippen LogP contribution in [0.2, 0.25) is 0 Å². The van der Waals surface area contributed by atoms with E-state index in [1.165, 1.54) is 16.7 Å². The number of fused-ring (bicyclic) bond motifs is 3. The maximum atomic E-state index is 6.14. The van der Waals surface area contributed by atoms with Gasteiger partial charge in [-0.1, -0.05) is 30.3 Å². The quantitative estimate of drug-likeness (QED) is 0.468. The molecule has 1 aromatic heterocycles. The van der Waals surface area contributed by atoms with Crippen LogP contribution in [0.4, 0.5) is 0 Å². The monoisotopic (exact) mass is 503 g/mol. The molecule has 196 valence electrons. The van der Waals surface area contributed by atoms with Crippen LogP contribution in [0.3, 0.4) is 0 Å². The highest BCUT2D eigenvalue weighted by Crippen LogP contribution is 2.34. The lowest BCUT2D eigenvalue weighted by Crippen LogP contribution is -2.46. The van der Waals surface area contributed by atoms with Gasteiger partial charge in [-0.05, 0) is 28.8 Å². The van der Waals surface area contributed by atoms with Crippen LogP contribution in [0.5, 0.6) is 5.75 Å². The molecule has 3 aliphatic heterocycles. The number of imidazole rings is 1. The molecular weight excluding hydrogens is 466 g/mol. The summed E-state index contributed by atoms with van der Waals surface area (Å²) in [6.45, 7) is 12.2. The summed E-state index contributed by atoms with van der Waals surface area (Å²) in [5.41, 5.74) is 5.90. The maximum absolute atomic E-state index is 6.14. The molecule has 0 spiro atoms. The first-order chi connectivity index (χ1) is 18.2. The van der Waals surface area contributed by atoms with E-state index >= 15 is 0 Å². The van der Waals surface area contributed by atoms with Crippen LogP contribution in [-0.2, 0) is 29.2 Å². The van der Waals surface area contributed by atoms with E-state index in [1.807, 2.05) is 0 Å². The van der Waals surface area contributed by atoms with Crippen molar-refractivity contribution in [1.29, 1.82) is 0 Å². The van der Waals surface area contributed by atoms with Crippen LogP contribution < -0.4 is 4.74 Å². The lowest BCUT2D eigenvalue weighted by molar-refractivity contribution is 0.0337. The van der Waals surface area contributed by atoms with Crippen molar-refractivity contribution in [3.63, 3.8) is 0 Å². The molecule has 6 rings (SSSR count). The molecule has 4 heterocycles. The van der Waals surface area contributed by atoms with E-state index in [0.29, 0.717) is 6.61 Å². The summed E-state index contributed by atoms with van der Waals surface area (Å²) in [5, 5.41) is 0. The van der Waals surface area contributed by atoms with E-state index in [-0.39, 0.29) is 0 Å². The van der Waals surface area contributed by atoms with Crippen molar-refractivity contribution in [2.24, 2.45) is 0 Å². The molecule has 8 nitrogen and oxygen atoms in total. The topological polar surface area (TPSA) is 55.2 Å². The summed E-state index contributed by atoms with van der Waals surface area (Å²) in [7, 11) is 1.77. The average molecular weight is 504 g/mol. The third kappa shape index (κ3) is 5.73. The number of benzene rings is 2. The molecule has 3 aliphatic rings. The Morgan fingerprint density at radius 2 is 1.57 bits per heavy atom. The molecule has 0 aliphatic carbocycles. The molecule has 0 unspecified atom stereocenters. The van der Waals surface area contributed by atoms with Crippen LogP contribution in [-0.4, -0.2) is 97.0 Å². The van der Waals surface area contributed by atoms with E-state index in [1.54, 1.807) is 7.11 Å². The zero-order valence-electron chi connectivity index (χ0n) is 21.8. The van der Waals surface area contributed by atoms with Gasteiger partial charge in [0.05, 0.1) is 31.2 Å². The summed E-state index contributed by atoms with van der Waals surface area (Å²) in [5.74, 6) is 1.88. The second kappa shape index (κ2) is 11.3. The normalized spacial score (nSPS) is 18.8. The molecule has 0 atom stereocenters. The summed E-state index contributed by atoms with van der Waals surface area (Å²) in [6, 6.07) is 15.5. The van der Waals surface area contributed by atoms with Gasteiger partial charge in [0, 0.05) is 72.2 Å². The number of rotatable bonds is 8. The molecule has 2 fully saturated rings. The van der Waals surface area contributed by atoms with Gasteiger partial charge in [0.25, 0.3) is 0 Å². The van der Waals surface area contributed by atoms with E-state index < -0.39 is 0 Å². The zero-order chi connectivity index (χ0) is 25.0. The second-order valence-electron chi connectivity index (χ2n) is 10.2. The SMILES string of the molecule is COCCN1CCN(Cc2ccc(-c3ccc4c(c3)OCc3nc(CN5CCOCC5)cn3-4)cc2)CC1. The molecule has 3 aromatic rings. The highest BCUT2D eigenvalue weighted by molar-refractivity contribution is 5.69. The Labute approximate surface area is 219 Å². The molecule has 2 saturated heterocycles. The van der Waals surface area contributed by atoms with Crippen molar-refractivity contribution in [3.05, 3.63) is 65.7 Å².